The fraction of sp³-hybridized carbons (Fsp3) is 0.529. The fourth-order valence-corrected chi connectivity index (χ4v) is 3.04. The van der Waals surface area contributed by atoms with Crippen LogP contribution in [0, 0.1) is 0 Å². The molecule has 0 aliphatic rings. The largest absolute Gasteiger partial charge is 0.412 e. The third-order valence-corrected chi connectivity index (χ3v) is 4.07. The van der Waals surface area contributed by atoms with Gasteiger partial charge in [-0.25, -0.2) is 0 Å². The monoisotopic (exact) mass is 306 g/mol. The number of benzene rings is 1. The van der Waals surface area contributed by atoms with E-state index in [2.05, 4.69) is 24.8 Å². The predicted octanol–water partition coefficient (Wildman–Crippen LogP) is 3.64. The molecule has 0 N–H and O–H groups in total. The average molecular weight is 306 g/mol. The molecule has 21 heavy (non-hydrogen) atoms. The van der Waals surface area contributed by atoms with Gasteiger partial charge in [-0.3, -0.25) is 0 Å². The van der Waals surface area contributed by atoms with Crippen molar-refractivity contribution >= 4 is 15.8 Å². The van der Waals surface area contributed by atoms with Crippen LogP contribution in [0.5, 0.6) is 0 Å². The van der Waals surface area contributed by atoms with Crippen molar-refractivity contribution in [3.63, 3.8) is 0 Å². The van der Waals surface area contributed by atoms with Crippen molar-refractivity contribution in [1.82, 2.24) is 0 Å². The van der Waals surface area contributed by atoms with Gasteiger partial charge in [0.15, 0.2) is 5.41 Å². The second kappa shape index (κ2) is 9.90. The number of hydrogen-bond acceptors (Lipinski definition) is 3. The normalized spacial score (nSPS) is 11.6. The number of aryl methyl sites for hydroxylation is 1. The molecule has 0 unspecified atom stereocenters. The van der Waals surface area contributed by atoms with Crippen molar-refractivity contribution in [3.8, 4) is 0 Å². The molecular weight excluding hydrogens is 280 g/mol. The zero-order valence-corrected chi connectivity index (χ0v) is 14.4. The molecule has 0 saturated heterocycles. The van der Waals surface area contributed by atoms with Crippen molar-refractivity contribution in [3.05, 3.63) is 42.0 Å². The first-order chi connectivity index (χ1) is 10.1. The summed E-state index contributed by atoms with van der Waals surface area (Å²) in [6, 6.07) is 8.33. The van der Waals surface area contributed by atoms with Gasteiger partial charge in [0.05, 0.1) is 0 Å². The Kier molecular flexibility index (Phi) is 8.53. The van der Waals surface area contributed by atoms with Crippen molar-refractivity contribution in [1.29, 1.82) is 0 Å². The molecule has 1 aromatic carbocycles. The van der Waals surface area contributed by atoms with Gasteiger partial charge < -0.3 is 13.9 Å². The maximum Gasteiger partial charge on any atom is 0.304 e. The lowest BCUT2D eigenvalue weighted by Crippen LogP contribution is -2.40. The molecule has 4 heteroatoms. The van der Waals surface area contributed by atoms with E-state index in [0.29, 0.717) is 19.8 Å². The molecule has 0 spiro atoms. The van der Waals surface area contributed by atoms with Crippen LogP contribution in [0.2, 0.25) is 0 Å². The van der Waals surface area contributed by atoms with Crippen LogP contribution < -0.4 is 0 Å². The van der Waals surface area contributed by atoms with E-state index in [-0.39, 0.29) is 9.76 Å². The lowest BCUT2D eigenvalue weighted by molar-refractivity contribution is -0.169. The number of ether oxygens (including phenoxy) is 2. The van der Waals surface area contributed by atoms with E-state index in [1.165, 1.54) is 11.1 Å². The summed E-state index contributed by atoms with van der Waals surface area (Å²) in [4.78, 5) is 0. The first-order valence-electron chi connectivity index (χ1n) is 7.52. The Morgan fingerprint density at radius 3 is 2.48 bits per heavy atom. The molecule has 3 nitrogen and oxygen atoms in total. The van der Waals surface area contributed by atoms with Crippen molar-refractivity contribution in [2.24, 2.45) is 0 Å². The van der Waals surface area contributed by atoms with Gasteiger partial charge in [0.1, 0.15) is 0 Å². The molecule has 0 amide bonds. The fourth-order valence-electron chi connectivity index (χ4n) is 2.13. The van der Waals surface area contributed by atoms with Crippen LogP contribution in [-0.2, 0) is 20.3 Å². The maximum atomic E-state index is 5.75. The average Bonchev–Trinajstić information content (AvgIpc) is 2.48. The third-order valence-electron chi connectivity index (χ3n) is 3.06. The van der Waals surface area contributed by atoms with Crippen LogP contribution in [0.3, 0.4) is 0 Å². The summed E-state index contributed by atoms with van der Waals surface area (Å²) in [5.74, 6) is 0. The van der Waals surface area contributed by atoms with Crippen molar-refractivity contribution in [2.45, 2.75) is 39.0 Å². The lowest BCUT2D eigenvalue weighted by Gasteiger charge is -2.27. The Morgan fingerprint density at radius 1 is 1.19 bits per heavy atom. The highest BCUT2D eigenvalue weighted by Gasteiger charge is 2.27. The van der Waals surface area contributed by atoms with E-state index in [4.69, 9.17) is 13.9 Å². The Labute approximate surface area is 131 Å². The van der Waals surface area contributed by atoms with Crippen LogP contribution in [0.1, 0.15) is 38.3 Å². The zero-order chi connectivity index (χ0) is 15.6. The topological polar surface area (TPSA) is 27.7 Å². The molecule has 0 aromatic heterocycles. The van der Waals surface area contributed by atoms with Crippen molar-refractivity contribution in [2.75, 3.05) is 19.8 Å². The summed E-state index contributed by atoms with van der Waals surface area (Å²) in [6.45, 7) is 11.7. The van der Waals surface area contributed by atoms with E-state index in [1.807, 2.05) is 32.9 Å². The van der Waals surface area contributed by atoms with E-state index >= 15 is 0 Å². The Bertz CT molecular complexity index is 414. The first kappa shape index (κ1) is 18.1. The predicted molar refractivity (Wildman–Crippen MR) is 88.2 cm³/mol. The van der Waals surface area contributed by atoms with Gasteiger partial charge in [0.2, 0.25) is 0 Å². The summed E-state index contributed by atoms with van der Waals surface area (Å²) >= 11 is 0. The quantitative estimate of drug-likeness (QED) is 0.355. The van der Waals surface area contributed by atoms with E-state index in [0.717, 1.165) is 12.8 Å². The molecule has 1 rings (SSSR count). The number of rotatable bonds is 11. The van der Waals surface area contributed by atoms with Crippen molar-refractivity contribution < 1.29 is 13.9 Å². The molecule has 0 fully saturated rings. The second-order valence-corrected chi connectivity index (χ2v) is 6.17. The number of hydrogen-bond donors (Lipinski definition) is 0. The lowest BCUT2D eigenvalue weighted by atomic mass is 10.0. The molecule has 0 heterocycles. The first-order valence-corrected chi connectivity index (χ1v) is 8.43. The Morgan fingerprint density at radius 2 is 1.86 bits per heavy atom. The van der Waals surface area contributed by atoms with Crippen LogP contribution in [-0.4, -0.2) is 35.0 Å². The molecule has 116 valence electrons. The maximum absolute atomic E-state index is 5.75. The van der Waals surface area contributed by atoms with Gasteiger partial charge in [-0.2, -0.15) is 0 Å². The molecule has 2 radical (unpaired) electrons. The van der Waals surface area contributed by atoms with Gasteiger partial charge in [0.25, 0.3) is 0 Å². The van der Waals surface area contributed by atoms with Gasteiger partial charge in [-0.1, -0.05) is 36.9 Å². The minimum Gasteiger partial charge on any atom is -0.412 e. The highest BCUT2D eigenvalue weighted by atomic mass is 28.2. The van der Waals surface area contributed by atoms with Crippen LogP contribution in [0.25, 0.3) is 6.08 Å². The minimum absolute atomic E-state index is 0.190. The molecule has 0 saturated carbocycles. The summed E-state index contributed by atoms with van der Waals surface area (Å²) in [5.41, 5.74) is 1.91. The highest BCUT2D eigenvalue weighted by molar-refractivity contribution is 6.30. The van der Waals surface area contributed by atoms with Crippen LogP contribution in [0.4, 0.5) is 0 Å². The minimum atomic E-state index is -0.609. The van der Waals surface area contributed by atoms with Gasteiger partial charge >= 0.3 is 9.76 Å². The van der Waals surface area contributed by atoms with Gasteiger partial charge in [0, 0.05) is 19.8 Å². The van der Waals surface area contributed by atoms with Gasteiger partial charge in [-0.15, -0.1) is 0 Å². The van der Waals surface area contributed by atoms with E-state index < -0.39 is 5.41 Å². The molecule has 1 aromatic rings. The standard InChI is InChI=1S/C17H26O3Si/c1-5-15-11-8-9-12-16(15)13-10-14-20-21-17(4,18-6-2)19-7-3/h5,8-9,11-12H,1,6-7,10,13-14H2,2-4H3. The zero-order valence-electron chi connectivity index (χ0n) is 13.4. The summed E-state index contributed by atoms with van der Waals surface area (Å²) < 4.78 is 17.0. The molecule has 0 atom stereocenters. The molecule has 0 aliphatic heterocycles. The summed E-state index contributed by atoms with van der Waals surface area (Å²) in [6.07, 6.45) is 3.87. The third kappa shape index (κ3) is 6.57. The summed E-state index contributed by atoms with van der Waals surface area (Å²) in [5, 5.41) is 0. The summed E-state index contributed by atoms with van der Waals surface area (Å²) in [7, 11) is 0.190. The van der Waals surface area contributed by atoms with E-state index in [9.17, 15) is 0 Å². The molecule has 0 bridgehead atoms. The molecular formula is C17H26O3Si. The van der Waals surface area contributed by atoms with Gasteiger partial charge in [-0.05, 0) is 44.7 Å². The van der Waals surface area contributed by atoms with Crippen LogP contribution in [0.15, 0.2) is 30.8 Å². The smallest absolute Gasteiger partial charge is 0.304 e. The second-order valence-electron chi connectivity index (χ2n) is 4.77. The SMILES string of the molecule is C=Cc1ccccc1CCCO[Si]C(C)(OCC)OCC. The molecule has 0 aliphatic carbocycles. The Hall–Kier alpha value is -0.943. The van der Waals surface area contributed by atoms with E-state index in [1.54, 1.807) is 0 Å². The Balaban J connectivity index is 2.32. The highest BCUT2D eigenvalue weighted by Crippen LogP contribution is 2.13. The van der Waals surface area contributed by atoms with Crippen LogP contribution >= 0.6 is 0 Å².